The fraction of sp³-hybridized carbons (Fsp3) is 0.429. The lowest BCUT2D eigenvalue weighted by atomic mass is 9.97. The highest BCUT2D eigenvalue weighted by Gasteiger charge is 2.32. The molecule has 1 aliphatic carbocycles. The van der Waals surface area contributed by atoms with Gasteiger partial charge in [0, 0.05) is 68.8 Å². The van der Waals surface area contributed by atoms with Crippen molar-refractivity contribution in [2.24, 2.45) is 7.05 Å². The van der Waals surface area contributed by atoms with Crippen LogP contribution in [-0.2, 0) is 26.1 Å². The molecule has 1 aliphatic heterocycles. The van der Waals surface area contributed by atoms with Gasteiger partial charge in [-0.1, -0.05) is 6.07 Å². The molecule has 0 radical (unpaired) electrons. The molecule has 2 aromatic carbocycles. The van der Waals surface area contributed by atoms with Crippen LogP contribution in [0.3, 0.4) is 0 Å². The van der Waals surface area contributed by atoms with Gasteiger partial charge in [0.2, 0.25) is 0 Å². The number of carbonyl (C=O) groups excluding carboxylic acids is 1. The number of benzene rings is 2. The highest BCUT2D eigenvalue weighted by atomic mass is 19.4. The van der Waals surface area contributed by atoms with Gasteiger partial charge in [-0.2, -0.15) is 18.3 Å². The summed E-state index contributed by atoms with van der Waals surface area (Å²) in [4.78, 5) is 19.8. The molecule has 0 saturated carbocycles. The molecule has 2 heterocycles. The minimum absolute atomic E-state index is 0.0935. The molecule has 0 spiro atoms. The molecule has 202 valence electrons. The second-order valence-electron chi connectivity index (χ2n) is 10.0. The smallest absolute Gasteiger partial charge is 0.399 e. The molecule has 2 aliphatic rings. The molecule has 0 unspecified atom stereocenters. The Hall–Kier alpha value is -3.53. The third-order valence-corrected chi connectivity index (χ3v) is 7.50. The first-order chi connectivity index (χ1) is 18.2. The van der Waals surface area contributed by atoms with Crippen molar-refractivity contribution in [3.63, 3.8) is 0 Å². The number of nitrogen functional groups attached to an aromatic ring is 1. The first-order valence-corrected chi connectivity index (χ1v) is 13.1. The van der Waals surface area contributed by atoms with Crippen LogP contribution < -0.4 is 15.5 Å². The molecular weight excluding hydrogens is 493 g/mol. The van der Waals surface area contributed by atoms with Crippen molar-refractivity contribution >= 4 is 23.1 Å². The minimum Gasteiger partial charge on any atom is -0.399 e. The van der Waals surface area contributed by atoms with E-state index in [0.29, 0.717) is 56.2 Å². The van der Waals surface area contributed by atoms with Crippen LogP contribution in [0.25, 0.3) is 0 Å². The standard InChI is InChI=1S/C28H33F3N6O/c1-34-26(24-7-2-3-8-25(24)33-34)37(27(38)20-9-11-22(32)12-10-20)18-15-35-13-16-36(17-14-35)23-6-4-5-21(19-23)28(29,30)31/h4-6,9-12,19H,2-3,7-8,13-18,32H2,1H3. The molecule has 0 atom stereocenters. The van der Waals surface area contributed by atoms with Gasteiger partial charge in [0.1, 0.15) is 5.82 Å². The van der Waals surface area contributed by atoms with Gasteiger partial charge in [-0.25, -0.2) is 0 Å². The Bertz CT molecular complexity index is 1280. The number of aromatic nitrogens is 2. The minimum atomic E-state index is -4.36. The molecular formula is C28H33F3N6O. The van der Waals surface area contributed by atoms with E-state index in [-0.39, 0.29) is 5.91 Å². The predicted molar refractivity (Wildman–Crippen MR) is 142 cm³/mol. The van der Waals surface area contributed by atoms with Crippen molar-refractivity contribution < 1.29 is 18.0 Å². The normalized spacial score (nSPS) is 16.4. The molecule has 10 heteroatoms. The van der Waals surface area contributed by atoms with E-state index in [9.17, 15) is 18.0 Å². The van der Waals surface area contributed by atoms with Gasteiger partial charge in [0.25, 0.3) is 5.91 Å². The third kappa shape index (κ3) is 5.50. The van der Waals surface area contributed by atoms with Crippen molar-refractivity contribution in [3.8, 4) is 0 Å². The quantitative estimate of drug-likeness (QED) is 0.483. The summed E-state index contributed by atoms with van der Waals surface area (Å²) in [7, 11) is 1.89. The maximum atomic E-state index is 13.7. The summed E-state index contributed by atoms with van der Waals surface area (Å²) in [5.74, 6) is 0.758. The Morgan fingerprint density at radius 2 is 1.74 bits per heavy atom. The van der Waals surface area contributed by atoms with E-state index >= 15 is 0 Å². The van der Waals surface area contributed by atoms with Gasteiger partial charge < -0.3 is 10.6 Å². The first kappa shape index (κ1) is 26.1. The van der Waals surface area contributed by atoms with Crippen molar-refractivity contribution in [1.29, 1.82) is 0 Å². The Balaban J connectivity index is 1.30. The summed E-state index contributed by atoms with van der Waals surface area (Å²) in [6.45, 7) is 3.77. The molecule has 5 rings (SSSR count). The molecule has 1 amide bonds. The number of halogens is 3. The number of hydrogen-bond donors (Lipinski definition) is 1. The van der Waals surface area contributed by atoms with E-state index in [0.717, 1.165) is 48.8 Å². The molecule has 1 aromatic heterocycles. The number of fused-ring (bicyclic) bond motifs is 1. The average Bonchev–Trinajstić information content (AvgIpc) is 3.24. The summed E-state index contributed by atoms with van der Waals surface area (Å²) < 4.78 is 41.3. The number of rotatable bonds is 6. The van der Waals surface area contributed by atoms with Crippen LogP contribution in [0.15, 0.2) is 48.5 Å². The molecule has 3 aromatic rings. The van der Waals surface area contributed by atoms with E-state index in [1.807, 2.05) is 21.5 Å². The van der Waals surface area contributed by atoms with E-state index < -0.39 is 11.7 Å². The van der Waals surface area contributed by atoms with E-state index in [1.54, 1.807) is 30.3 Å². The van der Waals surface area contributed by atoms with Crippen LogP contribution in [0.2, 0.25) is 0 Å². The summed E-state index contributed by atoms with van der Waals surface area (Å²) in [5.41, 5.74) is 9.19. The molecule has 7 nitrogen and oxygen atoms in total. The van der Waals surface area contributed by atoms with Crippen LogP contribution in [0.5, 0.6) is 0 Å². The van der Waals surface area contributed by atoms with Gasteiger partial charge in [0.05, 0.1) is 11.3 Å². The van der Waals surface area contributed by atoms with Crippen LogP contribution in [-0.4, -0.2) is 59.9 Å². The zero-order chi connectivity index (χ0) is 26.9. The number of anilines is 3. The van der Waals surface area contributed by atoms with E-state index in [4.69, 9.17) is 10.8 Å². The number of piperazine rings is 1. The summed E-state index contributed by atoms with van der Waals surface area (Å²) in [6.07, 6.45) is -0.355. The monoisotopic (exact) mass is 526 g/mol. The zero-order valence-electron chi connectivity index (χ0n) is 21.5. The molecule has 0 bridgehead atoms. The summed E-state index contributed by atoms with van der Waals surface area (Å²) >= 11 is 0. The van der Waals surface area contributed by atoms with Crippen LogP contribution in [0, 0.1) is 0 Å². The van der Waals surface area contributed by atoms with E-state index in [2.05, 4.69) is 4.90 Å². The molecule has 1 fully saturated rings. The van der Waals surface area contributed by atoms with Gasteiger partial charge in [-0.15, -0.1) is 0 Å². The number of nitrogens with zero attached hydrogens (tertiary/aromatic N) is 5. The predicted octanol–water partition coefficient (Wildman–Crippen LogP) is 4.37. The number of amides is 1. The van der Waals surface area contributed by atoms with Crippen LogP contribution in [0.1, 0.15) is 40.0 Å². The fourth-order valence-corrected chi connectivity index (χ4v) is 5.44. The maximum Gasteiger partial charge on any atom is 0.416 e. The fourth-order valence-electron chi connectivity index (χ4n) is 5.44. The summed E-state index contributed by atoms with van der Waals surface area (Å²) in [6, 6.07) is 12.5. The van der Waals surface area contributed by atoms with Crippen LogP contribution >= 0.6 is 0 Å². The second kappa shape index (κ2) is 10.7. The third-order valence-electron chi connectivity index (χ3n) is 7.50. The number of nitrogens with two attached hydrogens (primary N) is 1. The lowest BCUT2D eigenvalue weighted by molar-refractivity contribution is -0.137. The zero-order valence-corrected chi connectivity index (χ0v) is 21.5. The maximum absolute atomic E-state index is 13.7. The first-order valence-electron chi connectivity index (χ1n) is 13.1. The van der Waals surface area contributed by atoms with Gasteiger partial charge in [0.15, 0.2) is 0 Å². The topological polar surface area (TPSA) is 70.6 Å². The van der Waals surface area contributed by atoms with Crippen LogP contribution in [0.4, 0.5) is 30.4 Å². The number of carbonyl (C=O) groups is 1. The van der Waals surface area contributed by atoms with Gasteiger partial charge in [-0.3, -0.25) is 19.3 Å². The Labute approximate surface area is 220 Å². The molecule has 2 N–H and O–H groups in total. The second-order valence-corrected chi connectivity index (χ2v) is 10.0. The number of hydrogen-bond acceptors (Lipinski definition) is 5. The SMILES string of the molecule is Cn1nc2c(c1N(CCN1CCN(c3cccc(C(F)(F)F)c3)CC1)C(=O)c1ccc(N)cc1)CCCC2. The highest BCUT2D eigenvalue weighted by molar-refractivity contribution is 6.06. The Kier molecular flexibility index (Phi) is 7.34. The summed E-state index contributed by atoms with van der Waals surface area (Å²) in [5, 5.41) is 4.73. The van der Waals surface area contributed by atoms with E-state index in [1.165, 1.54) is 12.1 Å². The van der Waals surface area contributed by atoms with Gasteiger partial charge in [-0.05, 0) is 68.1 Å². The van der Waals surface area contributed by atoms with Crippen molar-refractivity contribution in [1.82, 2.24) is 14.7 Å². The highest BCUT2D eigenvalue weighted by Crippen LogP contribution is 2.33. The average molecular weight is 527 g/mol. The number of alkyl halides is 3. The largest absolute Gasteiger partial charge is 0.416 e. The van der Waals surface area contributed by atoms with Crippen molar-refractivity contribution in [2.45, 2.75) is 31.9 Å². The molecule has 38 heavy (non-hydrogen) atoms. The number of aryl methyl sites for hydroxylation is 2. The van der Waals surface area contributed by atoms with Gasteiger partial charge >= 0.3 is 6.18 Å². The Morgan fingerprint density at radius 3 is 2.45 bits per heavy atom. The lowest BCUT2D eigenvalue weighted by Crippen LogP contribution is -2.49. The molecule has 1 saturated heterocycles. The Morgan fingerprint density at radius 1 is 1.03 bits per heavy atom. The van der Waals surface area contributed by atoms with Crippen molar-refractivity contribution in [2.75, 3.05) is 54.8 Å². The van der Waals surface area contributed by atoms with Crippen molar-refractivity contribution in [3.05, 3.63) is 70.9 Å². The lowest BCUT2D eigenvalue weighted by Gasteiger charge is -2.37.